The summed E-state index contributed by atoms with van der Waals surface area (Å²) in [5.74, 6) is -0.274. The van der Waals surface area contributed by atoms with Crippen LogP contribution >= 0.6 is 0 Å². The van der Waals surface area contributed by atoms with E-state index in [9.17, 15) is 9.50 Å². The second-order valence-corrected chi connectivity index (χ2v) is 5.38. The van der Waals surface area contributed by atoms with Crippen molar-refractivity contribution in [3.63, 3.8) is 0 Å². The summed E-state index contributed by atoms with van der Waals surface area (Å²) in [6.45, 7) is 6.20. The number of likely N-dealkylation sites (N-methyl/N-ethyl adjacent to an activating group) is 1. The van der Waals surface area contributed by atoms with Gasteiger partial charge < -0.3 is 14.7 Å². The Morgan fingerprint density at radius 3 is 2.68 bits per heavy atom. The molecule has 1 aromatic rings. The molecular formula is C15H22FNO2. The number of aryl methyl sites for hydroxylation is 1. The van der Waals surface area contributed by atoms with Crippen molar-refractivity contribution in [2.24, 2.45) is 0 Å². The van der Waals surface area contributed by atoms with E-state index in [2.05, 4.69) is 4.90 Å². The van der Waals surface area contributed by atoms with Crippen molar-refractivity contribution in [1.82, 2.24) is 0 Å². The quantitative estimate of drug-likeness (QED) is 0.914. The highest BCUT2D eigenvalue weighted by Gasteiger charge is 2.29. The molecule has 3 atom stereocenters. The molecule has 1 heterocycles. The summed E-state index contributed by atoms with van der Waals surface area (Å²) < 4.78 is 19.3. The van der Waals surface area contributed by atoms with Crippen molar-refractivity contribution in [2.75, 3.05) is 18.6 Å². The molecule has 2 unspecified atom stereocenters. The third-order valence-corrected chi connectivity index (χ3v) is 3.97. The normalized spacial score (nSPS) is 24.5. The smallest absolute Gasteiger partial charge is 0.126 e. The molecule has 3 nitrogen and oxygen atoms in total. The van der Waals surface area contributed by atoms with E-state index < -0.39 is 6.10 Å². The van der Waals surface area contributed by atoms with Crippen LogP contribution in [-0.2, 0) is 4.74 Å². The average molecular weight is 267 g/mol. The first-order chi connectivity index (χ1) is 8.91. The summed E-state index contributed by atoms with van der Waals surface area (Å²) in [6.07, 6.45) is 0.412. The Labute approximate surface area is 114 Å². The van der Waals surface area contributed by atoms with E-state index in [4.69, 9.17) is 4.74 Å². The molecule has 106 valence electrons. The van der Waals surface area contributed by atoms with Crippen LogP contribution in [0.3, 0.4) is 0 Å². The average Bonchev–Trinajstić information content (AvgIpc) is 2.77. The Hall–Kier alpha value is -1.13. The van der Waals surface area contributed by atoms with Gasteiger partial charge in [0.25, 0.3) is 0 Å². The zero-order chi connectivity index (χ0) is 14.2. The second-order valence-electron chi connectivity index (χ2n) is 5.38. The minimum Gasteiger partial charge on any atom is -0.389 e. The van der Waals surface area contributed by atoms with Crippen molar-refractivity contribution in [3.05, 3.63) is 29.1 Å². The van der Waals surface area contributed by atoms with Gasteiger partial charge in [-0.15, -0.1) is 0 Å². The second kappa shape index (κ2) is 5.47. The number of rotatable bonds is 3. The van der Waals surface area contributed by atoms with E-state index >= 15 is 0 Å². The Balaban J connectivity index is 2.39. The number of benzene rings is 1. The van der Waals surface area contributed by atoms with Crippen LogP contribution in [0.5, 0.6) is 0 Å². The minimum atomic E-state index is -0.690. The van der Waals surface area contributed by atoms with Crippen LogP contribution < -0.4 is 4.90 Å². The molecule has 1 N–H and O–H groups in total. The molecule has 4 heteroatoms. The lowest BCUT2D eigenvalue weighted by Crippen LogP contribution is -2.37. The number of halogens is 1. The maximum Gasteiger partial charge on any atom is 0.126 e. The Morgan fingerprint density at radius 1 is 1.47 bits per heavy atom. The van der Waals surface area contributed by atoms with Gasteiger partial charge in [-0.1, -0.05) is 0 Å². The number of anilines is 1. The van der Waals surface area contributed by atoms with E-state index in [1.54, 1.807) is 13.8 Å². The summed E-state index contributed by atoms with van der Waals surface area (Å²) in [7, 11) is 1.98. The fourth-order valence-electron chi connectivity index (χ4n) is 2.73. The van der Waals surface area contributed by atoms with E-state index in [1.165, 1.54) is 6.07 Å². The van der Waals surface area contributed by atoms with Crippen LogP contribution in [0, 0.1) is 12.7 Å². The fraction of sp³-hybridized carbons (Fsp3) is 0.600. The van der Waals surface area contributed by atoms with E-state index in [-0.39, 0.29) is 18.0 Å². The Kier molecular flexibility index (Phi) is 4.11. The molecule has 0 bridgehead atoms. The van der Waals surface area contributed by atoms with E-state index in [0.717, 1.165) is 18.7 Å². The van der Waals surface area contributed by atoms with Gasteiger partial charge in [-0.2, -0.15) is 0 Å². The molecular weight excluding hydrogens is 245 g/mol. The zero-order valence-corrected chi connectivity index (χ0v) is 12.0. The lowest BCUT2D eigenvalue weighted by Gasteiger charge is -2.31. The highest BCUT2D eigenvalue weighted by atomic mass is 19.1. The van der Waals surface area contributed by atoms with Gasteiger partial charge >= 0.3 is 0 Å². The van der Waals surface area contributed by atoms with Crippen molar-refractivity contribution < 1.29 is 14.2 Å². The molecule has 19 heavy (non-hydrogen) atoms. The van der Waals surface area contributed by atoms with Crippen LogP contribution in [0.1, 0.15) is 37.5 Å². The summed E-state index contributed by atoms with van der Waals surface area (Å²) in [5, 5.41) is 9.85. The van der Waals surface area contributed by atoms with Gasteiger partial charge in [-0.05, 0) is 44.9 Å². The van der Waals surface area contributed by atoms with Crippen LogP contribution in [0.25, 0.3) is 0 Å². The predicted octanol–water partition coefficient (Wildman–Crippen LogP) is 2.80. The number of aliphatic hydroxyl groups excluding tert-OH is 1. The molecule has 1 saturated heterocycles. The third kappa shape index (κ3) is 2.74. The molecule has 2 rings (SSSR count). The molecule has 0 spiro atoms. The molecule has 0 radical (unpaired) electrons. The first-order valence-corrected chi connectivity index (χ1v) is 6.74. The topological polar surface area (TPSA) is 32.7 Å². The summed E-state index contributed by atoms with van der Waals surface area (Å²) in [4.78, 5) is 2.10. The number of aliphatic hydroxyl groups is 1. The van der Waals surface area contributed by atoms with Gasteiger partial charge in [-0.25, -0.2) is 4.39 Å². The van der Waals surface area contributed by atoms with Crippen LogP contribution in [0.4, 0.5) is 10.1 Å². The van der Waals surface area contributed by atoms with Crippen LogP contribution in [0.2, 0.25) is 0 Å². The predicted molar refractivity (Wildman–Crippen MR) is 74.0 cm³/mol. The van der Waals surface area contributed by atoms with Gasteiger partial charge in [0.2, 0.25) is 0 Å². The van der Waals surface area contributed by atoms with Gasteiger partial charge in [0, 0.05) is 24.9 Å². The van der Waals surface area contributed by atoms with Crippen molar-refractivity contribution >= 4 is 5.69 Å². The largest absolute Gasteiger partial charge is 0.389 e. The highest BCUT2D eigenvalue weighted by molar-refractivity contribution is 5.57. The van der Waals surface area contributed by atoms with Crippen LogP contribution in [0.15, 0.2) is 12.1 Å². The Bertz CT molecular complexity index is 462. The van der Waals surface area contributed by atoms with Crippen molar-refractivity contribution in [2.45, 2.75) is 45.4 Å². The Morgan fingerprint density at radius 2 is 2.16 bits per heavy atom. The SMILES string of the molecule is Cc1cc(N(C)C2CCOC2C)c([C@@H](C)O)cc1F. The van der Waals surface area contributed by atoms with Gasteiger partial charge in [0.05, 0.1) is 18.2 Å². The lowest BCUT2D eigenvalue weighted by atomic mass is 10.0. The molecule has 1 aromatic carbocycles. The molecule has 0 amide bonds. The van der Waals surface area contributed by atoms with Crippen LogP contribution in [-0.4, -0.2) is 30.9 Å². The monoisotopic (exact) mass is 267 g/mol. The van der Waals surface area contributed by atoms with E-state index in [0.29, 0.717) is 11.1 Å². The lowest BCUT2D eigenvalue weighted by molar-refractivity contribution is 0.118. The maximum atomic E-state index is 13.7. The molecule has 0 saturated carbocycles. The summed E-state index contributed by atoms with van der Waals surface area (Å²) >= 11 is 0. The molecule has 0 aromatic heterocycles. The number of ether oxygens (including phenoxy) is 1. The van der Waals surface area contributed by atoms with Crippen molar-refractivity contribution in [3.8, 4) is 0 Å². The van der Waals surface area contributed by atoms with Crippen molar-refractivity contribution in [1.29, 1.82) is 0 Å². The molecule has 0 aliphatic carbocycles. The first-order valence-electron chi connectivity index (χ1n) is 6.74. The maximum absolute atomic E-state index is 13.7. The first kappa shape index (κ1) is 14.3. The highest BCUT2D eigenvalue weighted by Crippen LogP contribution is 2.32. The summed E-state index contributed by atoms with van der Waals surface area (Å²) in [5.41, 5.74) is 2.11. The molecule has 1 aliphatic rings. The minimum absolute atomic E-state index is 0.150. The third-order valence-electron chi connectivity index (χ3n) is 3.97. The van der Waals surface area contributed by atoms with E-state index in [1.807, 2.05) is 20.0 Å². The molecule has 1 fully saturated rings. The molecule has 1 aliphatic heterocycles. The number of hydrogen-bond acceptors (Lipinski definition) is 3. The van der Waals surface area contributed by atoms with Gasteiger partial charge in [0.1, 0.15) is 5.82 Å². The zero-order valence-electron chi connectivity index (χ0n) is 12.0. The summed E-state index contributed by atoms with van der Waals surface area (Å²) in [6, 6.07) is 3.51. The van der Waals surface area contributed by atoms with Gasteiger partial charge in [-0.3, -0.25) is 0 Å². The number of nitrogens with zero attached hydrogens (tertiary/aromatic N) is 1. The standard InChI is InChI=1S/C15H22FNO2/c1-9-7-15(12(10(2)18)8-13(9)16)17(4)14-5-6-19-11(14)3/h7-8,10-11,14,18H,5-6H2,1-4H3/t10-,11?,14?/m1/s1. The van der Waals surface area contributed by atoms with Gasteiger partial charge in [0.15, 0.2) is 0 Å². The number of hydrogen-bond donors (Lipinski definition) is 1. The fourth-order valence-corrected chi connectivity index (χ4v) is 2.73.